The van der Waals surface area contributed by atoms with E-state index in [-0.39, 0.29) is 5.91 Å². The fourth-order valence-corrected chi connectivity index (χ4v) is 4.71. The number of carbonyl (C=O) groups is 1. The second-order valence-electron chi connectivity index (χ2n) is 7.03. The summed E-state index contributed by atoms with van der Waals surface area (Å²) in [6.45, 7) is 1.51. The van der Waals surface area contributed by atoms with Gasteiger partial charge in [-0.05, 0) is 47.2 Å². The number of carbonyl (C=O) groups excluding carboxylic acids is 1. The van der Waals surface area contributed by atoms with Gasteiger partial charge in [-0.3, -0.25) is 15.2 Å². The molecule has 5 rings (SSSR count). The number of hydrogen-bond donors (Lipinski definition) is 1. The minimum atomic E-state index is 0.233. The molecule has 3 aliphatic heterocycles. The number of thioether (sulfide) groups is 1. The number of aliphatic imine (C=N–C) groups is 1. The van der Waals surface area contributed by atoms with Crippen LogP contribution in [0.2, 0.25) is 0 Å². The highest BCUT2D eigenvalue weighted by Crippen LogP contribution is 2.38. The predicted molar refractivity (Wildman–Crippen MR) is 111 cm³/mol. The SMILES string of the molecule is O=C1Cc2cc(C3=NNC(=NCc4ccccc4)SC3)cc3c2N1CCC3. The molecule has 0 bridgehead atoms. The van der Waals surface area contributed by atoms with Gasteiger partial charge in [0.1, 0.15) is 0 Å². The molecule has 0 radical (unpaired) electrons. The third kappa shape index (κ3) is 3.14. The number of amidine groups is 1. The van der Waals surface area contributed by atoms with Gasteiger partial charge in [-0.15, -0.1) is 0 Å². The van der Waals surface area contributed by atoms with Crippen LogP contribution in [0.25, 0.3) is 0 Å². The standard InChI is InChI=1S/C21H20N4OS/c26-19-11-17-10-16(9-15-7-4-8-25(19)20(15)17)18-13-27-21(24-23-18)22-12-14-5-2-1-3-6-14/h1-3,5-6,9-10H,4,7-8,11-13H2,(H,22,24). The smallest absolute Gasteiger partial charge is 0.231 e. The van der Waals surface area contributed by atoms with E-state index >= 15 is 0 Å². The largest absolute Gasteiger partial charge is 0.312 e. The van der Waals surface area contributed by atoms with Crippen molar-refractivity contribution >= 4 is 34.2 Å². The van der Waals surface area contributed by atoms with Crippen LogP contribution < -0.4 is 10.3 Å². The van der Waals surface area contributed by atoms with Gasteiger partial charge in [-0.25, -0.2) is 0 Å². The van der Waals surface area contributed by atoms with Crippen molar-refractivity contribution in [3.63, 3.8) is 0 Å². The lowest BCUT2D eigenvalue weighted by Gasteiger charge is -2.26. The molecule has 1 amide bonds. The number of hydrogen-bond acceptors (Lipinski definition) is 4. The van der Waals surface area contributed by atoms with Crippen molar-refractivity contribution in [2.24, 2.45) is 10.1 Å². The molecule has 0 fully saturated rings. The van der Waals surface area contributed by atoms with E-state index in [0.29, 0.717) is 13.0 Å². The third-order valence-electron chi connectivity index (χ3n) is 5.22. The van der Waals surface area contributed by atoms with Crippen LogP contribution in [0, 0.1) is 0 Å². The molecule has 3 heterocycles. The molecular formula is C21H20N4OS. The molecule has 0 aromatic heterocycles. The third-order valence-corrected chi connectivity index (χ3v) is 6.13. The zero-order chi connectivity index (χ0) is 18.2. The van der Waals surface area contributed by atoms with E-state index in [2.05, 4.69) is 39.8 Å². The lowest BCUT2D eigenvalue weighted by atomic mass is 9.95. The van der Waals surface area contributed by atoms with Gasteiger partial charge in [-0.2, -0.15) is 5.10 Å². The summed E-state index contributed by atoms with van der Waals surface area (Å²) in [4.78, 5) is 18.8. The molecule has 6 heteroatoms. The zero-order valence-corrected chi connectivity index (χ0v) is 15.8. The summed E-state index contributed by atoms with van der Waals surface area (Å²) in [5.41, 5.74) is 10.0. The van der Waals surface area contributed by atoms with Gasteiger partial charge in [-0.1, -0.05) is 42.1 Å². The number of benzene rings is 2. The Kier molecular flexibility index (Phi) is 4.20. The second-order valence-corrected chi connectivity index (χ2v) is 8.00. The number of anilines is 1. The lowest BCUT2D eigenvalue weighted by Crippen LogP contribution is -2.31. The summed E-state index contributed by atoms with van der Waals surface area (Å²) in [5, 5.41) is 5.42. The summed E-state index contributed by atoms with van der Waals surface area (Å²) in [5.74, 6) is 1.02. The Balaban J connectivity index is 1.36. The molecule has 27 heavy (non-hydrogen) atoms. The summed E-state index contributed by atoms with van der Waals surface area (Å²) in [7, 11) is 0. The van der Waals surface area contributed by atoms with Crippen LogP contribution in [0.15, 0.2) is 52.6 Å². The number of hydrazone groups is 1. The van der Waals surface area contributed by atoms with Crippen molar-refractivity contribution in [1.29, 1.82) is 0 Å². The molecule has 2 aromatic carbocycles. The van der Waals surface area contributed by atoms with Crippen LogP contribution in [-0.4, -0.2) is 29.1 Å². The maximum absolute atomic E-state index is 12.2. The van der Waals surface area contributed by atoms with Crippen molar-refractivity contribution in [3.05, 3.63) is 64.7 Å². The van der Waals surface area contributed by atoms with E-state index in [9.17, 15) is 4.79 Å². The van der Waals surface area contributed by atoms with Gasteiger partial charge in [0.05, 0.1) is 24.4 Å². The molecule has 0 aliphatic carbocycles. The minimum Gasteiger partial charge on any atom is -0.312 e. The molecule has 5 nitrogen and oxygen atoms in total. The first kappa shape index (κ1) is 16.6. The number of rotatable bonds is 3. The highest BCUT2D eigenvalue weighted by Gasteiger charge is 2.32. The van der Waals surface area contributed by atoms with Crippen molar-refractivity contribution in [2.45, 2.75) is 25.8 Å². The highest BCUT2D eigenvalue weighted by molar-refractivity contribution is 8.14. The Bertz CT molecular complexity index is 968. The minimum absolute atomic E-state index is 0.233. The first-order chi connectivity index (χ1) is 13.3. The number of aryl methyl sites for hydroxylation is 1. The van der Waals surface area contributed by atoms with Crippen LogP contribution in [0.1, 0.15) is 28.7 Å². The van der Waals surface area contributed by atoms with E-state index in [1.807, 2.05) is 23.1 Å². The summed E-state index contributed by atoms with van der Waals surface area (Å²) < 4.78 is 0. The summed E-state index contributed by atoms with van der Waals surface area (Å²) in [6.07, 6.45) is 2.60. The Morgan fingerprint density at radius 1 is 1.19 bits per heavy atom. The quantitative estimate of drug-likeness (QED) is 0.895. The number of nitrogens with one attached hydrogen (secondary N) is 1. The molecule has 2 aromatic rings. The molecule has 0 saturated carbocycles. The zero-order valence-electron chi connectivity index (χ0n) is 14.9. The van der Waals surface area contributed by atoms with E-state index in [0.717, 1.165) is 52.8 Å². The average Bonchev–Trinajstić information content (AvgIpc) is 3.04. The van der Waals surface area contributed by atoms with Crippen molar-refractivity contribution in [3.8, 4) is 0 Å². The fourth-order valence-electron chi connectivity index (χ4n) is 3.94. The van der Waals surface area contributed by atoms with Crippen LogP contribution in [0.5, 0.6) is 0 Å². The molecule has 136 valence electrons. The van der Waals surface area contributed by atoms with Crippen molar-refractivity contribution < 1.29 is 4.79 Å². The first-order valence-corrected chi connectivity index (χ1v) is 10.3. The Labute approximate surface area is 162 Å². The van der Waals surface area contributed by atoms with E-state index < -0.39 is 0 Å². The fraction of sp³-hybridized carbons (Fsp3) is 0.286. The molecule has 0 atom stereocenters. The average molecular weight is 376 g/mol. The Morgan fingerprint density at radius 3 is 2.85 bits per heavy atom. The van der Waals surface area contributed by atoms with E-state index in [1.54, 1.807) is 11.8 Å². The predicted octanol–water partition coefficient (Wildman–Crippen LogP) is 3.12. The van der Waals surface area contributed by atoms with Crippen molar-refractivity contribution in [1.82, 2.24) is 5.43 Å². The van der Waals surface area contributed by atoms with Crippen LogP contribution in [-0.2, 0) is 24.2 Å². The van der Waals surface area contributed by atoms with Gasteiger partial charge in [0, 0.05) is 12.3 Å². The normalized spacial score (nSPS) is 19.7. The summed E-state index contributed by atoms with van der Waals surface area (Å²) >= 11 is 1.68. The first-order valence-electron chi connectivity index (χ1n) is 9.28. The maximum Gasteiger partial charge on any atom is 0.231 e. The molecule has 1 N–H and O–H groups in total. The molecule has 0 unspecified atom stereocenters. The van der Waals surface area contributed by atoms with Gasteiger partial charge < -0.3 is 4.90 Å². The topological polar surface area (TPSA) is 57.1 Å². The lowest BCUT2D eigenvalue weighted by molar-refractivity contribution is -0.117. The van der Waals surface area contributed by atoms with Gasteiger partial charge in [0.2, 0.25) is 5.91 Å². The molecule has 0 saturated heterocycles. The Morgan fingerprint density at radius 2 is 2.04 bits per heavy atom. The van der Waals surface area contributed by atoms with Crippen LogP contribution in [0.4, 0.5) is 5.69 Å². The number of nitrogens with zero attached hydrogens (tertiary/aromatic N) is 3. The second kappa shape index (κ2) is 6.85. The Hall–Kier alpha value is -2.60. The molecule has 3 aliphatic rings. The summed E-state index contributed by atoms with van der Waals surface area (Å²) in [6, 6.07) is 14.6. The van der Waals surface area contributed by atoms with Gasteiger partial charge in [0.15, 0.2) is 5.17 Å². The highest BCUT2D eigenvalue weighted by atomic mass is 32.2. The maximum atomic E-state index is 12.2. The van der Waals surface area contributed by atoms with Crippen molar-refractivity contribution in [2.75, 3.05) is 17.2 Å². The number of amides is 1. The van der Waals surface area contributed by atoms with Crippen LogP contribution in [0.3, 0.4) is 0 Å². The van der Waals surface area contributed by atoms with Crippen LogP contribution >= 0.6 is 11.8 Å². The molecular weight excluding hydrogens is 356 g/mol. The van der Waals surface area contributed by atoms with E-state index in [4.69, 9.17) is 0 Å². The monoisotopic (exact) mass is 376 g/mol. The van der Waals surface area contributed by atoms with E-state index in [1.165, 1.54) is 11.1 Å². The van der Waals surface area contributed by atoms with Gasteiger partial charge in [0.25, 0.3) is 0 Å². The van der Waals surface area contributed by atoms with Gasteiger partial charge >= 0.3 is 0 Å². The molecule has 0 spiro atoms.